The van der Waals surface area contributed by atoms with Crippen LogP contribution in [0, 0.1) is 5.92 Å². The topological polar surface area (TPSA) is 28.4 Å². The van der Waals surface area contributed by atoms with Gasteiger partial charge in [-0.2, -0.15) is 0 Å². The smallest absolute Gasteiger partial charge is 0.0952 e. The summed E-state index contributed by atoms with van der Waals surface area (Å²) in [6.07, 6.45) is 3.46. The van der Waals surface area contributed by atoms with Gasteiger partial charge in [-0.25, -0.2) is 0 Å². The third-order valence-electron chi connectivity index (χ3n) is 3.35. The van der Waals surface area contributed by atoms with Crippen molar-refractivity contribution in [1.82, 2.24) is 5.32 Å². The Kier molecular flexibility index (Phi) is 5.71. The molecular weight excluding hydrogens is 284 g/mol. The van der Waals surface area contributed by atoms with Crippen LogP contribution in [0.15, 0.2) is 41.2 Å². The summed E-state index contributed by atoms with van der Waals surface area (Å²) in [5.74, 6) is 0.643. The van der Waals surface area contributed by atoms with Crippen molar-refractivity contribution in [2.24, 2.45) is 5.92 Å². The van der Waals surface area contributed by atoms with Gasteiger partial charge in [-0.3, -0.25) is 0 Å². The molecule has 21 heavy (non-hydrogen) atoms. The van der Waals surface area contributed by atoms with Crippen molar-refractivity contribution in [2.45, 2.75) is 26.9 Å². The largest absolute Gasteiger partial charge is 0.472 e. The van der Waals surface area contributed by atoms with E-state index in [1.807, 2.05) is 12.1 Å². The molecule has 0 fully saturated rings. The van der Waals surface area contributed by atoms with Crippen LogP contribution in [-0.4, -0.2) is 13.6 Å². The van der Waals surface area contributed by atoms with E-state index in [-0.39, 0.29) is 0 Å². The Morgan fingerprint density at radius 2 is 2.10 bits per heavy atom. The fourth-order valence-corrected chi connectivity index (χ4v) is 2.40. The Hall–Kier alpha value is -1.45. The van der Waals surface area contributed by atoms with Gasteiger partial charge >= 0.3 is 0 Å². The van der Waals surface area contributed by atoms with Crippen LogP contribution in [-0.2, 0) is 13.1 Å². The fourth-order valence-electron chi connectivity index (χ4n) is 2.16. The van der Waals surface area contributed by atoms with Crippen LogP contribution in [0.5, 0.6) is 0 Å². The molecule has 0 atom stereocenters. The highest BCUT2D eigenvalue weighted by Gasteiger charge is 2.07. The maximum Gasteiger partial charge on any atom is 0.0952 e. The van der Waals surface area contributed by atoms with Crippen LogP contribution in [0.2, 0.25) is 5.02 Å². The van der Waals surface area contributed by atoms with Crippen molar-refractivity contribution in [3.05, 3.63) is 52.9 Å². The molecule has 0 bridgehead atoms. The Morgan fingerprint density at radius 1 is 1.29 bits per heavy atom. The van der Waals surface area contributed by atoms with E-state index in [1.165, 1.54) is 0 Å². The molecule has 1 heterocycles. The summed E-state index contributed by atoms with van der Waals surface area (Å²) in [4.78, 5) is 2.15. The lowest BCUT2D eigenvalue weighted by atomic mass is 10.1. The highest BCUT2D eigenvalue weighted by Crippen LogP contribution is 2.24. The highest BCUT2D eigenvalue weighted by atomic mass is 35.5. The molecule has 0 radical (unpaired) electrons. The quantitative estimate of drug-likeness (QED) is 0.826. The predicted octanol–water partition coefficient (Wildman–Crippen LogP) is 4.32. The summed E-state index contributed by atoms with van der Waals surface area (Å²) in [7, 11) is 2.05. The SMILES string of the molecule is CC(C)CNCc1ccc(N(C)Cc2ccoc2)cc1Cl. The van der Waals surface area contributed by atoms with Crippen LogP contribution in [0.3, 0.4) is 0 Å². The minimum atomic E-state index is 0.643. The number of anilines is 1. The van der Waals surface area contributed by atoms with Gasteiger partial charge in [0, 0.05) is 36.4 Å². The zero-order valence-electron chi connectivity index (χ0n) is 12.9. The summed E-state index contributed by atoms with van der Waals surface area (Å²) >= 11 is 6.39. The second-order valence-electron chi connectivity index (χ2n) is 5.79. The number of halogens is 1. The number of rotatable bonds is 7. The molecule has 0 saturated carbocycles. The second-order valence-corrected chi connectivity index (χ2v) is 6.20. The molecule has 0 amide bonds. The predicted molar refractivity (Wildman–Crippen MR) is 88.8 cm³/mol. The molecule has 0 unspecified atom stereocenters. The van der Waals surface area contributed by atoms with Crippen LogP contribution < -0.4 is 10.2 Å². The molecule has 1 aromatic carbocycles. The first-order valence-electron chi connectivity index (χ1n) is 7.27. The van der Waals surface area contributed by atoms with Crippen LogP contribution in [0.1, 0.15) is 25.0 Å². The number of furan rings is 1. The number of benzene rings is 1. The molecule has 1 aromatic heterocycles. The van der Waals surface area contributed by atoms with E-state index in [1.54, 1.807) is 12.5 Å². The van der Waals surface area contributed by atoms with E-state index >= 15 is 0 Å². The number of hydrogen-bond acceptors (Lipinski definition) is 3. The van der Waals surface area contributed by atoms with Gasteiger partial charge in [0.2, 0.25) is 0 Å². The van der Waals surface area contributed by atoms with Gasteiger partial charge in [0.1, 0.15) is 0 Å². The first kappa shape index (κ1) is 15.9. The fraction of sp³-hybridized carbons (Fsp3) is 0.412. The number of nitrogens with zero attached hydrogens (tertiary/aromatic N) is 1. The average Bonchev–Trinajstić information content (AvgIpc) is 2.93. The summed E-state index contributed by atoms with van der Waals surface area (Å²) in [5, 5.41) is 4.22. The van der Waals surface area contributed by atoms with E-state index < -0.39 is 0 Å². The molecule has 0 spiro atoms. The van der Waals surface area contributed by atoms with Gasteiger partial charge in [-0.05, 0) is 36.2 Å². The average molecular weight is 307 g/mol. The van der Waals surface area contributed by atoms with Crippen molar-refractivity contribution in [1.29, 1.82) is 0 Å². The highest BCUT2D eigenvalue weighted by molar-refractivity contribution is 6.31. The first-order valence-corrected chi connectivity index (χ1v) is 7.65. The van der Waals surface area contributed by atoms with Gasteiger partial charge in [-0.15, -0.1) is 0 Å². The van der Waals surface area contributed by atoms with Crippen LogP contribution in [0.4, 0.5) is 5.69 Å². The molecular formula is C17H23ClN2O. The molecule has 0 aliphatic carbocycles. The van der Waals surface area contributed by atoms with Gasteiger partial charge in [0.05, 0.1) is 12.5 Å². The van der Waals surface area contributed by atoms with Crippen LogP contribution >= 0.6 is 11.6 Å². The molecule has 2 aromatic rings. The van der Waals surface area contributed by atoms with E-state index in [2.05, 4.69) is 43.2 Å². The van der Waals surface area contributed by atoms with Crippen molar-refractivity contribution >= 4 is 17.3 Å². The molecule has 3 nitrogen and oxygen atoms in total. The number of nitrogens with one attached hydrogen (secondary N) is 1. The molecule has 114 valence electrons. The minimum Gasteiger partial charge on any atom is -0.472 e. The monoisotopic (exact) mass is 306 g/mol. The van der Waals surface area contributed by atoms with Crippen molar-refractivity contribution < 1.29 is 4.42 Å². The lowest BCUT2D eigenvalue weighted by Gasteiger charge is -2.19. The zero-order chi connectivity index (χ0) is 15.2. The van der Waals surface area contributed by atoms with E-state index in [0.29, 0.717) is 5.92 Å². The van der Waals surface area contributed by atoms with E-state index in [4.69, 9.17) is 16.0 Å². The number of hydrogen-bond donors (Lipinski definition) is 1. The molecule has 0 aliphatic heterocycles. The van der Waals surface area contributed by atoms with E-state index in [0.717, 1.165) is 41.5 Å². The van der Waals surface area contributed by atoms with Crippen molar-refractivity contribution in [2.75, 3.05) is 18.5 Å². The summed E-state index contributed by atoms with van der Waals surface area (Å²) < 4.78 is 5.10. The van der Waals surface area contributed by atoms with Gasteiger partial charge in [-0.1, -0.05) is 31.5 Å². The Bertz CT molecular complexity index is 552. The Morgan fingerprint density at radius 3 is 2.71 bits per heavy atom. The van der Waals surface area contributed by atoms with Gasteiger partial charge in [0.15, 0.2) is 0 Å². The second kappa shape index (κ2) is 7.53. The molecule has 2 rings (SSSR count). The summed E-state index contributed by atoms with van der Waals surface area (Å²) in [5.41, 5.74) is 3.39. The van der Waals surface area contributed by atoms with Crippen molar-refractivity contribution in [3.63, 3.8) is 0 Å². The van der Waals surface area contributed by atoms with E-state index in [9.17, 15) is 0 Å². The lowest BCUT2D eigenvalue weighted by Crippen LogP contribution is -2.19. The Balaban J connectivity index is 1.97. The molecule has 0 aliphatic rings. The molecule has 0 saturated heterocycles. The summed E-state index contributed by atoms with van der Waals surface area (Å²) in [6.45, 7) is 7.00. The molecule has 4 heteroatoms. The maximum absolute atomic E-state index is 6.39. The Labute approximate surface area is 131 Å². The standard InChI is InChI=1S/C17H23ClN2O/c1-13(2)9-19-10-15-4-5-16(8-17(15)18)20(3)11-14-6-7-21-12-14/h4-8,12-13,19H,9-11H2,1-3H3. The van der Waals surface area contributed by atoms with Crippen LogP contribution in [0.25, 0.3) is 0 Å². The van der Waals surface area contributed by atoms with Gasteiger partial charge < -0.3 is 14.6 Å². The maximum atomic E-state index is 6.39. The van der Waals surface area contributed by atoms with Gasteiger partial charge in [0.25, 0.3) is 0 Å². The third-order valence-corrected chi connectivity index (χ3v) is 3.70. The lowest BCUT2D eigenvalue weighted by molar-refractivity contribution is 0.552. The normalized spacial score (nSPS) is 11.1. The molecule has 1 N–H and O–H groups in total. The minimum absolute atomic E-state index is 0.643. The van der Waals surface area contributed by atoms with Crippen molar-refractivity contribution in [3.8, 4) is 0 Å². The third kappa shape index (κ3) is 4.80. The summed E-state index contributed by atoms with van der Waals surface area (Å²) in [6, 6.07) is 8.20. The first-order chi connectivity index (χ1) is 10.1. The zero-order valence-corrected chi connectivity index (χ0v) is 13.7.